The van der Waals surface area contributed by atoms with Crippen LogP contribution in [0.2, 0.25) is 0 Å². The number of piperidine rings is 1. The van der Waals surface area contributed by atoms with E-state index in [1.807, 2.05) is 0 Å². The average Bonchev–Trinajstić information content (AvgIpc) is 2.37. The Kier molecular flexibility index (Phi) is 7.91. The summed E-state index contributed by atoms with van der Waals surface area (Å²) in [6.07, 6.45) is 2.24. The molecule has 1 rings (SSSR count). The van der Waals surface area contributed by atoms with Crippen molar-refractivity contribution in [2.24, 2.45) is 11.8 Å². The van der Waals surface area contributed by atoms with Crippen LogP contribution >= 0.6 is 0 Å². The van der Waals surface area contributed by atoms with E-state index in [-0.39, 0.29) is 6.10 Å². The molecule has 4 nitrogen and oxygen atoms in total. The molecular weight excluding hydrogens is 240 g/mol. The number of hydrogen-bond acceptors (Lipinski definition) is 4. The quantitative estimate of drug-likeness (QED) is 0.700. The summed E-state index contributed by atoms with van der Waals surface area (Å²) >= 11 is 0. The second-order valence-corrected chi connectivity index (χ2v) is 6.35. The summed E-state index contributed by atoms with van der Waals surface area (Å²) in [6, 6.07) is 0.320. The van der Waals surface area contributed by atoms with Crippen molar-refractivity contribution in [1.82, 2.24) is 10.2 Å². The van der Waals surface area contributed by atoms with Gasteiger partial charge in [0.05, 0.1) is 12.7 Å². The number of hydrogen-bond donors (Lipinski definition) is 2. The standard InChI is InChI=1S/C15H32N2O2/c1-12(2)15(11-19-4)16-9-14(18)10-17-7-5-13(3)6-8-17/h12-16,18H,5-11H2,1-4H3. The van der Waals surface area contributed by atoms with Crippen LogP contribution in [0.4, 0.5) is 0 Å². The lowest BCUT2D eigenvalue weighted by molar-refractivity contribution is 0.0802. The van der Waals surface area contributed by atoms with Crippen molar-refractivity contribution in [3.8, 4) is 0 Å². The second kappa shape index (κ2) is 8.90. The van der Waals surface area contributed by atoms with Crippen molar-refractivity contribution in [3.05, 3.63) is 0 Å². The maximum atomic E-state index is 10.1. The number of nitrogens with zero attached hydrogens (tertiary/aromatic N) is 1. The van der Waals surface area contributed by atoms with Gasteiger partial charge in [-0.1, -0.05) is 20.8 Å². The molecule has 19 heavy (non-hydrogen) atoms. The number of methoxy groups -OCH3 is 1. The van der Waals surface area contributed by atoms with E-state index in [0.29, 0.717) is 25.1 Å². The van der Waals surface area contributed by atoms with Crippen molar-refractivity contribution in [2.75, 3.05) is 39.9 Å². The van der Waals surface area contributed by atoms with E-state index in [1.165, 1.54) is 12.8 Å². The fraction of sp³-hybridized carbons (Fsp3) is 1.00. The Labute approximate surface area is 118 Å². The number of aliphatic hydroxyl groups excluding tert-OH is 1. The number of aliphatic hydroxyl groups is 1. The van der Waals surface area contributed by atoms with Crippen LogP contribution in [0.3, 0.4) is 0 Å². The average molecular weight is 272 g/mol. The van der Waals surface area contributed by atoms with E-state index in [0.717, 1.165) is 25.6 Å². The lowest BCUT2D eigenvalue weighted by Crippen LogP contribution is -2.46. The van der Waals surface area contributed by atoms with Gasteiger partial charge in [-0.25, -0.2) is 0 Å². The van der Waals surface area contributed by atoms with E-state index in [1.54, 1.807) is 7.11 Å². The van der Waals surface area contributed by atoms with Gasteiger partial charge in [-0.15, -0.1) is 0 Å². The van der Waals surface area contributed by atoms with E-state index >= 15 is 0 Å². The molecule has 1 heterocycles. The zero-order valence-electron chi connectivity index (χ0n) is 13.1. The topological polar surface area (TPSA) is 44.7 Å². The molecule has 0 aromatic rings. The molecule has 2 atom stereocenters. The molecule has 0 saturated carbocycles. The van der Waals surface area contributed by atoms with E-state index in [4.69, 9.17) is 4.74 Å². The number of likely N-dealkylation sites (tertiary alicyclic amines) is 1. The van der Waals surface area contributed by atoms with Crippen molar-refractivity contribution in [2.45, 2.75) is 45.8 Å². The number of ether oxygens (including phenoxy) is 1. The van der Waals surface area contributed by atoms with Gasteiger partial charge < -0.3 is 20.1 Å². The van der Waals surface area contributed by atoms with Crippen molar-refractivity contribution < 1.29 is 9.84 Å². The zero-order chi connectivity index (χ0) is 14.3. The summed E-state index contributed by atoms with van der Waals surface area (Å²) in [5, 5.41) is 13.5. The highest BCUT2D eigenvalue weighted by Gasteiger charge is 2.19. The first-order valence-electron chi connectivity index (χ1n) is 7.65. The zero-order valence-corrected chi connectivity index (χ0v) is 13.1. The second-order valence-electron chi connectivity index (χ2n) is 6.35. The van der Waals surface area contributed by atoms with Crippen molar-refractivity contribution >= 4 is 0 Å². The molecule has 2 N–H and O–H groups in total. The smallest absolute Gasteiger partial charge is 0.0791 e. The van der Waals surface area contributed by atoms with Gasteiger partial charge in [0.15, 0.2) is 0 Å². The highest BCUT2D eigenvalue weighted by molar-refractivity contribution is 4.76. The third kappa shape index (κ3) is 6.70. The van der Waals surface area contributed by atoms with Gasteiger partial charge in [0.1, 0.15) is 0 Å². The molecule has 0 amide bonds. The first-order chi connectivity index (χ1) is 9.02. The summed E-state index contributed by atoms with van der Waals surface area (Å²) in [4.78, 5) is 2.38. The predicted octanol–water partition coefficient (Wildman–Crippen LogP) is 1.34. The predicted molar refractivity (Wildman–Crippen MR) is 79.3 cm³/mol. The van der Waals surface area contributed by atoms with Crippen LogP contribution in [-0.2, 0) is 4.74 Å². The Bertz CT molecular complexity index is 228. The largest absolute Gasteiger partial charge is 0.390 e. The SMILES string of the molecule is COCC(NCC(O)CN1CCC(C)CC1)C(C)C. The van der Waals surface area contributed by atoms with Crippen molar-refractivity contribution in [1.29, 1.82) is 0 Å². The number of β-amino-alcohol motifs (C(OH)–C–C–N with tert-alkyl or cyclic N) is 1. The highest BCUT2D eigenvalue weighted by atomic mass is 16.5. The molecule has 0 aromatic heterocycles. The molecular formula is C15H32N2O2. The van der Waals surface area contributed by atoms with Crippen LogP contribution in [0, 0.1) is 11.8 Å². The molecule has 0 aliphatic carbocycles. The Morgan fingerprint density at radius 2 is 1.95 bits per heavy atom. The highest BCUT2D eigenvalue weighted by Crippen LogP contribution is 2.15. The Morgan fingerprint density at radius 1 is 1.32 bits per heavy atom. The molecule has 2 unspecified atom stereocenters. The third-order valence-corrected chi connectivity index (χ3v) is 4.11. The molecule has 1 fully saturated rings. The minimum absolute atomic E-state index is 0.286. The van der Waals surface area contributed by atoms with Gasteiger partial charge in [0.2, 0.25) is 0 Å². The van der Waals surface area contributed by atoms with E-state index in [9.17, 15) is 5.11 Å². The van der Waals surface area contributed by atoms with Crippen LogP contribution in [0.1, 0.15) is 33.6 Å². The molecule has 0 radical (unpaired) electrons. The molecule has 1 saturated heterocycles. The molecule has 0 spiro atoms. The Morgan fingerprint density at radius 3 is 2.47 bits per heavy atom. The maximum Gasteiger partial charge on any atom is 0.0791 e. The molecule has 1 aliphatic heterocycles. The summed E-state index contributed by atoms with van der Waals surface area (Å²) < 4.78 is 5.20. The molecule has 0 bridgehead atoms. The molecule has 1 aliphatic rings. The minimum atomic E-state index is -0.286. The Balaban J connectivity index is 2.21. The minimum Gasteiger partial charge on any atom is -0.390 e. The van der Waals surface area contributed by atoms with E-state index < -0.39 is 0 Å². The van der Waals surface area contributed by atoms with Crippen LogP contribution in [0.15, 0.2) is 0 Å². The van der Waals surface area contributed by atoms with Gasteiger partial charge >= 0.3 is 0 Å². The Hall–Kier alpha value is -0.160. The van der Waals surface area contributed by atoms with E-state index in [2.05, 4.69) is 31.0 Å². The van der Waals surface area contributed by atoms with Gasteiger partial charge in [-0.05, 0) is 37.8 Å². The van der Waals surface area contributed by atoms with Crippen molar-refractivity contribution in [3.63, 3.8) is 0 Å². The fourth-order valence-electron chi connectivity index (χ4n) is 2.56. The third-order valence-electron chi connectivity index (χ3n) is 4.11. The summed E-state index contributed by atoms with van der Waals surface area (Å²) in [7, 11) is 1.72. The van der Waals surface area contributed by atoms with Crippen LogP contribution in [-0.4, -0.2) is 62.0 Å². The monoisotopic (exact) mass is 272 g/mol. The van der Waals surface area contributed by atoms with Gasteiger partial charge in [-0.2, -0.15) is 0 Å². The van der Waals surface area contributed by atoms with Crippen LogP contribution in [0.5, 0.6) is 0 Å². The summed E-state index contributed by atoms with van der Waals surface area (Å²) in [5.41, 5.74) is 0. The van der Waals surface area contributed by atoms with Gasteiger partial charge in [0.25, 0.3) is 0 Å². The maximum absolute atomic E-state index is 10.1. The summed E-state index contributed by atoms with van der Waals surface area (Å²) in [5.74, 6) is 1.36. The lowest BCUT2D eigenvalue weighted by Gasteiger charge is -2.32. The number of nitrogens with one attached hydrogen (secondary N) is 1. The molecule has 114 valence electrons. The molecule has 4 heteroatoms. The lowest BCUT2D eigenvalue weighted by atomic mass is 9.99. The molecule has 0 aromatic carbocycles. The number of rotatable bonds is 8. The first-order valence-corrected chi connectivity index (χ1v) is 7.65. The first kappa shape index (κ1) is 16.9. The fourth-order valence-corrected chi connectivity index (χ4v) is 2.56. The normalized spacial score (nSPS) is 21.8. The summed E-state index contributed by atoms with van der Waals surface area (Å²) in [6.45, 7) is 11.1. The van der Waals surface area contributed by atoms with Crippen LogP contribution < -0.4 is 5.32 Å². The van der Waals surface area contributed by atoms with Gasteiger partial charge in [-0.3, -0.25) is 0 Å². The van der Waals surface area contributed by atoms with Gasteiger partial charge in [0, 0.05) is 26.2 Å². The van der Waals surface area contributed by atoms with Crippen LogP contribution in [0.25, 0.3) is 0 Å².